The highest BCUT2D eigenvalue weighted by molar-refractivity contribution is 7.89. The molecule has 0 atom stereocenters. The van der Waals surface area contributed by atoms with Crippen molar-refractivity contribution in [2.45, 2.75) is 25.2 Å². The zero-order chi connectivity index (χ0) is 15.5. The molecule has 0 saturated carbocycles. The summed E-state index contributed by atoms with van der Waals surface area (Å²) in [6.45, 7) is 5.70. The Hall–Kier alpha value is -1.44. The molecule has 1 heterocycles. The fraction of sp³-hybridized carbons (Fsp3) is 0.500. The van der Waals surface area contributed by atoms with Crippen molar-refractivity contribution in [1.82, 2.24) is 9.62 Å². The van der Waals surface area contributed by atoms with Gasteiger partial charge in [0.25, 0.3) is 0 Å². The maximum atomic E-state index is 12.7. The van der Waals surface area contributed by atoms with E-state index in [0.29, 0.717) is 25.3 Å². The van der Waals surface area contributed by atoms with Gasteiger partial charge < -0.3 is 10.6 Å². The second-order valence-corrected chi connectivity index (χ2v) is 7.10. The van der Waals surface area contributed by atoms with Gasteiger partial charge in [-0.05, 0) is 37.6 Å². The lowest BCUT2D eigenvalue weighted by Crippen LogP contribution is -2.34. The summed E-state index contributed by atoms with van der Waals surface area (Å²) in [5.74, 6) is -0.216. The first-order valence-electron chi connectivity index (χ1n) is 7.00. The van der Waals surface area contributed by atoms with E-state index < -0.39 is 10.0 Å². The molecule has 1 aromatic carbocycles. The molecule has 6 nitrogen and oxygen atoms in total. The van der Waals surface area contributed by atoms with Crippen LogP contribution >= 0.6 is 0 Å². The standard InChI is InChI=1S/C14H21N3O3S/c1-11-4-5-13(10-14(11)16-12(2)18)21(19,20)17-8-3-6-15-7-9-17/h4-5,10,15H,3,6-9H2,1-2H3,(H,16,18). The minimum Gasteiger partial charge on any atom is -0.326 e. The van der Waals surface area contributed by atoms with Gasteiger partial charge in [-0.1, -0.05) is 6.07 Å². The van der Waals surface area contributed by atoms with E-state index in [0.717, 1.165) is 18.5 Å². The van der Waals surface area contributed by atoms with Gasteiger partial charge in [0.2, 0.25) is 15.9 Å². The molecule has 21 heavy (non-hydrogen) atoms. The second kappa shape index (κ2) is 6.55. The number of hydrogen-bond acceptors (Lipinski definition) is 4. The van der Waals surface area contributed by atoms with Crippen LogP contribution in [0.3, 0.4) is 0 Å². The topological polar surface area (TPSA) is 78.5 Å². The Morgan fingerprint density at radius 2 is 2.05 bits per heavy atom. The molecule has 0 bridgehead atoms. The van der Waals surface area contributed by atoms with Crippen LogP contribution in [0.1, 0.15) is 18.9 Å². The average Bonchev–Trinajstić information content (AvgIpc) is 2.70. The summed E-state index contributed by atoms with van der Waals surface area (Å²) in [6.07, 6.45) is 0.795. The maximum Gasteiger partial charge on any atom is 0.243 e. The van der Waals surface area contributed by atoms with E-state index in [4.69, 9.17) is 0 Å². The SMILES string of the molecule is CC(=O)Nc1cc(S(=O)(=O)N2CCCNCC2)ccc1C. The summed E-state index contributed by atoms with van der Waals surface area (Å²) in [4.78, 5) is 11.4. The van der Waals surface area contributed by atoms with E-state index in [9.17, 15) is 13.2 Å². The molecule has 0 aliphatic carbocycles. The molecule has 1 aliphatic rings. The second-order valence-electron chi connectivity index (χ2n) is 5.17. The molecule has 7 heteroatoms. The molecule has 1 amide bonds. The van der Waals surface area contributed by atoms with Crippen LogP contribution in [0, 0.1) is 6.92 Å². The molecule has 2 N–H and O–H groups in total. The molecule has 2 rings (SSSR count). The first-order valence-corrected chi connectivity index (χ1v) is 8.44. The Morgan fingerprint density at radius 3 is 2.76 bits per heavy atom. The summed E-state index contributed by atoms with van der Waals surface area (Å²) in [5.41, 5.74) is 1.37. The number of amides is 1. The van der Waals surface area contributed by atoms with Gasteiger partial charge in [0, 0.05) is 32.2 Å². The molecule has 116 valence electrons. The van der Waals surface area contributed by atoms with Crippen molar-refractivity contribution in [3.63, 3.8) is 0 Å². The van der Waals surface area contributed by atoms with Gasteiger partial charge in [-0.15, -0.1) is 0 Å². The monoisotopic (exact) mass is 311 g/mol. The first-order chi connectivity index (χ1) is 9.91. The number of hydrogen-bond donors (Lipinski definition) is 2. The Labute approximate surface area is 125 Å². The smallest absolute Gasteiger partial charge is 0.243 e. The maximum absolute atomic E-state index is 12.7. The first kappa shape index (κ1) is 15.9. The molecular weight excluding hydrogens is 290 g/mol. The highest BCUT2D eigenvalue weighted by Gasteiger charge is 2.25. The van der Waals surface area contributed by atoms with Crippen molar-refractivity contribution in [2.24, 2.45) is 0 Å². The number of aryl methyl sites for hydroxylation is 1. The summed E-state index contributed by atoms with van der Waals surface area (Å²) in [6, 6.07) is 4.84. The van der Waals surface area contributed by atoms with Crippen LogP contribution in [0.25, 0.3) is 0 Å². The number of sulfonamides is 1. The molecule has 0 unspecified atom stereocenters. The van der Waals surface area contributed by atoms with Crippen LogP contribution < -0.4 is 10.6 Å². The number of carbonyl (C=O) groups is 1. The van der Waals surface area contributed by atoms with Crippen LogP contribution in [-0.4, -0.2) is 44.8 Å². The number of benzene rings is 1. The lowest BCUT2D eigenvalue weighted by molar-refractivity contribution is -0.114. The molecule has 1 fully saturated rings. The van der Waals surface area contributed by atoms with Crippen molar-refractivity contribution in [1.29, 1.82) is 0 Å². The molecule has 0 radical (unpaired) electrons. The summed E-state index contributed by atoms with van der Waals surface area (Å²) in [5, 5.41) is 5.85. The van der Waals surface area contributed by atoms with Gasteiger partial charge in [0.15, 0.2) is 0 Å². The van der Waals surface area contributed by atoms with Crippen molar-refractivity contribution in [3.8, 4) is 0 Å². The van der Waals surface area contributed by atoms with E-state index in [1.807, 2.05) is 6.92 Å². The number of rotatable bonds is 3. The Morgan fingerprint density at radius 1 is 1.29 bits per heavy atom. The molecule has 0 spiro atoms. The van der Waals surface area contributed by atoms with Crippen molar-refractivity contribution < 1.29 is 13.2 Å². The number of anilines is 1. The van der Waals surface area contributed by atoms with Crippen molar-refractivity contribution in [2.75, 3.05) is 31.5 Å². The van der Waals surface area contributed by atoms with Crippen LogP contribution in [0.15, 0.2) is 23.1 Å². The third kappa shape index (κ3) is 3.81. The Bertz CT molecular complexity index is 620. The van der Waals surface area contributed by atoms with E-state index >= 15 is 0 Å². The van der Waals surface area contributed by atoms with E-state index in [1.165, 1.54) is 17.3 Å². The zero-order valence-corrected chi connectivity index (χ0v) is 13.2. The lowest BCUT2D eigenvalue weighted by Gasteiger charge is -2.20. The molecule has 0 aromatic heterocycles. The third-order valence-electron chi connectivity index (χ3n) is 3.46. The quantitative estimate of drug-likeness (QED) is 0.871. The summed E-state index contributed by atoms with van der Waals surface area (Å²) in [7, 11) is -3.52. The lowest BCUT2D eigenvalue weighted by atomic mass is 10.2. The minimum atomic E-state index is -3.52. The van der Waals surface area contributed by atoms with Crippen LogP contribution in [0.2, 0.25) is 0 Å². The molecular formula is C14H21N3O3S. The van der Waals surface area contributed by atoms with Crippen LogP contribution in [0.4, 0.5) is 5.69 Å². The Kier molecular flexibility index (Phi) is 4.97. The minimum absolute atomic E-state index is 0.216. The molecule has 1 aromatic rings. The summed E-state index contributed by atoms with van der Waals surface area (Å²) >= 11 is 0. The zero-order valence-electron chi connectivity index (χ0n) is 12.3. The normalized spacial score (nSPS) is 17.2. The van der Waals surface area contributed by atoms with E-state index in [-0.39, 0.29) is 10.8 Å². The fourth-order valence-corrected chi connectivity index (χ4v) is 3.80. The van der Waals surface area contributed by atoms with Gasteiger partial charge >= 0.3 is 0 Å². The average molecular weight is 311 g/mol. The predicted molar refractivity (Wildman–Crippen MR) is 81.7 cm³/mol. The van der Waals surface area contributed by atoms with Crippen molar-refractivity contribution in [3.05, 3.63) is 23.8 Å². The van der Waals surface area contributed by atoms with Gasteiger partial charge in [0.05, 0.1) is 4.90 Å². The van der Waals surface area contributed by atoms with Gasteiger partial charge in [0.1, 0.15) is 0 Å². The molecule has 1 aliphatic heterocycles. The fourth-order valence-electron chi connectivity index (χ4n) is 2.30. The van der Waals surface area contributed by atoms with Crippen molar-refractivity contribution >= 4 is 21.6 Å². The predicted octanol–water partition coefficient (Wildman–Crippen LogP) is 0.937. The molecule has 1 saturated heterocycles. The number of nitrogens with zero attached hydrogens (tertiary/aromatic N) is 1. The van der Waals surface area contributed by atoms with Crippen LogP contribution in [-0.2, 0) is 14.8 Å². The van der Waals surface area contributed by atoms with E-state index in [2.05, 4.69) is 10.6 Å². The summed E-state index contributed by atoms with van der Waals surface area (Å²) < 4.78 is 26.8. The van der Waals surface area contributed by atoms with Gasteiger partial charge in [-0.25, -0.2) is 8.42 Å². The van der Waals surface area contributed by atoms with E-state index in [1.54, 1.807) is 12.1 Å². The highest BCUT2D eigenvalue weighted by atomic mass is 32.2. The number of nitrogens with one attached hydrogen (secondary N) is 2. The third-order valence-corrected chi connectivity index (χ3v) is 5.35. The number of carbonyl (C=O) groups excluding carboxylic acids is 1. The highest BCUT2D eigenvalue weighted by Crippen LogP contribution is 2.23. The van der Waals surface area contributed by atoms with Gasteiger partial charge in [-0.3, -0.25) is 4.79 Å². The Balaban J connectivity index is 2.33. The largest absolute Gasteiger partial charge is 0.326 e. The van der Waals surface area contributed by atoms with Gasteiger partial charge in [-0.2, -0.15) is 4.31 Å². The van der Waals surface area contributed by atoms with Crippen LogP contribution in [0.5, 0.6) is 0 Å².